The quantitative estimate of drug-likeness (QED) is 0.656. The first-order valence-corrected chi connectivity index (χ1v) is 6.39. The third-order valence-corrected chi connectivity index (χ3v) is 2.84. The van der Waals surface area contributed by atoms with Gasteiger partial charge in [-0.05, 0) is 37.1 Å². The van der Waals surface area contributed by atoms with Crippen LogP contribution in [0.15, 0.2) is 18.2 Å². The van der Waals surface area contributed by atoms with E-state index in [4.69, 9.17) is 14.6 Å². The van der Waals surface area contributed by atoms with Gasteiger partial charge in [0.15, 0.2) is 11.5 Å². The van der Waals surface area contributed by atoms with E-state index in [1.54, 1.807) is 14.2 Å². The highest BCUT2D eigenvalue weighted by Crippen LogP contribution is 2.27. The van der Waals surface area contributed by atoms with Crippen molar-refractivity contribution >= 4 is 0 Å². The average molecular weight is 268 g/mol. The maximum atomic E-state index is 10.3. The van der Waals surface area contributed by atoms with Crippen molar-refractivity contribution in [3.05, 3.63) is 23.8 Å². The van der Waals surface area contributed by atoms with Crippen LogP contribution in [-0.4, -0.2) is 45.1 Å². The fourth-order valence-electron chi connectivity index (χ4n) is 1.78. The molecule has 1 atom stereocenters. The fraction of sp³-hybridized carbons (Fsp3) is 0.571. The number of hydrogen-bond acceptors (Lipinski definition) is 4. The third kappa shape index (κ3) is 5.46. The van der Waals surface area contributed by atoms with Crippen LogP contribution >= 0.6 is 0 Å². The Morgan fingerprint density at radius 2 is 2.00 bits per heavy atom. The summed E-state index contributed by atoms with van der Waals surface area (Å²) in [6.45, 7) is 0.670. The van der Waals surface area contributed by atoms with E-state index in [1.807, 2.05) is 18.2 Å². The molecule has 0 bridgehead atoms. The zero-order chi connectivity index (χ0) is 14.1. The van der Waals surface area contributed by atoms with E-state index in [0.717, 1.165) is 30.9 Å². The van der Waals surface area contributed by atoms with Gasteiger partial charge in [-0.15, -0.1) is 0 Å². The van der Waals surface area contributed by atoms with E-state index in [0.29, 0.717) is 6.54 Å². The van der Waals surface area contributed by atoms with Crippen molar-refractivity contribution in [2.75, 3.05) is 33.9 Å². The number of hydrogen-bond donors (Lipinski definition) is 2. The van der Waals surface area contributed by atoms with E-state index < -0.39 is 12.7 Å². The van der Waals surface area contributed by atoms with Gasteiger partial charge in [-0.1, -0.05) is 6.07 Å². The van der Waals surface area contributed by atoms with Crippen LogP contribution < -0.4 is 14.8 Å². The molecule has 0 amide bonds. The summed E-state index contributed by atoms with van der Waals surface area (Å²) in [5.41, 5.74) is 1.17. The van der Waals surface area contributed by atoms with Gasteiger partial charge in [0.05, 0.1) is 20.3 Å². The number of benzene rings is 1. The Morgan fingerprint density at radius 1 is 1.26 bits per heavy atom. The van der Waals surface area contributed by atoms with Crippen molar-refractivity contribution in [3.8, 4) is 11.5 Å². The minimum absolute atomic E-state index is 0.357. The Labute approximate surface area is 114 Å². The zero-order valence-corrected chi connectivity index (χ0v) is 11.5. The molecule has 0 fully saturated rings. The summed E-state index contributed by atoms with van der Waals surface area (Å²) in [5, 5.41) is 22.5. The second kappa shape index (κ2) is 8.74. The second-order valence-corrected chi connectivity index (χ2v) is 4.32. The molecule has 19 heavy (non-hydrogen) atoms. The van der Waals surface area contributed by atoms with Gasteiger partial charge >= 0.3 is 0 Å². The lowest BCUT2D eigenvalue weighted by Crippen LogP contribution is -2.29. The molecule has 0 aliphatic rings. The molecule has 0 saturated heterocycles. The Bertz CT molecular complexity index is 370. The highest BCUT2D eigenvalue weighted by atomic mass is 16.5. The van der Waals surface area contributed by atoms with Crippen LogP contribution in [0.3, 0.4) is 0 Å². The number of aryl methyl sites for hydroxylation is 1. The summed E-state index contributed by atoms with van der Waals surface area (Å²) in [4.78, 5) is 0. The molecule has 0 saturated carbocycles. The smallest absolute Gasteiger partial charge is 0.160 e. The van der Waals surface area contributed by atoms with E-state index >= 15 is 0 Å². The van der Waals surface area contributed by atoms with Gasteiger partial charge in [0, 0.05) is 6.54 Å². The highest BCUT2D eigenvalue weighted by Gasteiger charge is 2.05. The van der Waals surface area contributed by atoms with Crippen LogP contribution in [0.5, 0.6) is 11.5 Å². The molecule has 1 rings (SSSR count). The van der Waals surface area contributed by atoms with Gasteiger partial charge in [0.2, 0.25) is 0 Å². The van der Waals surface area contributed by atoms with E-state index in [-0.39, 0.29) is 0 Å². The number of ether oxygens (including phenoxy) is 2. The Balaban J connectivity index is 2.33. The van der Waals surface area contributed by atoms with Crippen LogP contribution in [0.25, 0.3) is 0 Å². The molecule has 107 valence electrons. The molecule has 2 N–H and O–H groups in total. The van der Waals surface area contributed by atoms with Gasteiger partial charge in [0.25, 0.3) is 0 Å². The summed E-state index contributed by atoms with van der Waals surface area (Å²) >= 11 is 0. The van der Waals surface area contributed by atoms with Crippen molar-refractivity contribution in [1.82, 2.24) is 5.32 Å². The van der Waals surface area contributed by atoms with Crippen molar-refractivity contribution in [3.63, 3.8) is 0 Å². The molecule has 1 radical (unpaired) electrons. The van der Waals surface area contributed by atoms with Crippen LogP contribution in [0.1, 0.15) is 12.0 Å². The normalized spacial score (nSPS) is 12.2. The number of aliphatic hydroxyl groups is 1. The van der Waals surface area contributed by atoms with Crippen LogP contribution in [0.2, 0.25) is 0 Å². The van der Waals surface area contributed by atoms with E-state index in [9.17, 15) is 5.11 Å². The van der Waals surface area contributed by atoms with Gasteiger partial charge in [0.1, 0.15) is 6.61 Å². The number of rotatable bonds is 9. The lowest BCUT2D eigenvalue weighted by Gasteiger charge is -2.10. The summed E-state index contributed by atoms with van der Waals surface area (Å²) in [6.07, 6.45) is 1.04. The molecule has 1 aromatic rings. The summed E-state index contributed by atoms with van der Waals surface area (Å²) in [7, 11) is 3.23. The molecule has 0 aliphatic carbocycles. The lowest BCUT2D eigenvalue weighted by atomic mass is 10.1. The molecule has 1 unspecified atom stereocenters. The predicted octanol–water partition coefficient (Wildman–Crippen LogP) is 1.02. The second-order valence-electron chi connectivity index (χ2n) is 4.32. The van der Waals surface area contributed by atoms with Crippen LogP contribution in [-0.2, 0) is 11.5 Å². The van der Waals surface area contributed by atoms with E-state index in [2.05, 4.69) is 5.32 Å². The summed E-state index contributed by atoms with van der Waals surface area (Å²) in [6, 6.07) is 5.86. The summed E-state index contributed by atoms with van der Waals surface area (Å²) < 4.78 is 10.4. The van der Waals surface area contributed by atoms with Gasteiger partial charge in [-0.3, -0.25) is 0 Å². The molecular weight excluding hydrogens is 246 g/mol. The average Bonchev–Trinajstić information content (AvgIpc) is 2.46. The van der Waals surface area contributed by atoms with Gasteiger partial charge < -0.3 is 19.9 Å². The van der Waals surface area contributed by atoms with Crippen LogP contribution in [0.4, 0.5) is 0 Å². The minimum atomic E-state index is -0.791. The molecule has 0 heterocycles. The zero-order valence-electron chi connectivity index (χ0n) is 11.5. The Morgan fingerprint density at radius 3 is 2.63 bits per heavy atom. The molecule has 5 heteroatoms. The maximum Gasteiger partial charge on any atom is 0.160 e. The lowest BCUT2D eigenvalue weighted by molar-refractivity contribution is 0.0556. The fourth-order valence-corrected chi connectivity index (χ4v) is 1.78. The largest absolute Gasteiger partial charge is 0.493 e. The van der Waals surface area contributed by atoms with Crippen LogP contribution in [0, 0.1) is 0 Å². The Hall–Kier alpha value is -1.30. The third-order valence-electron chi connectivity index (χ3n) is 2.84. The first-order chi connectivity index (χ1) is 9.21. The highest BCUT2D eigenvalue weighted by molar-refractivity contribution is 5.42. The van der Waals surface area contributed by atoms with Gasteiger partial charge in [-0.25, -0.2) is 5.11 Å². The predicted molar refractivity (Wildman–Crippen MR) is 72.3 cm³/mol. The van der Waals surface area contributed by atoms with Crippen molar-refractivity contribution in [2.45, 2.75) is 18.9 Å². The standard InChI is InChI=1S/C14H22NO4/c1-18-13-6-5-11(8-14(13)19-2)4-3-7-15-9-12(17)10-16/h5-6,8,12,15,17H,3-4,7,9-10H2,1-2H3. The topological polar surface area (TPSA) is 70.6 Å². The molecule has 5 nitrogen and oxygen atoms in total. The minimum Gasteiger partial charge on any atom is -0.493 e. The summed E-state index contributed by atoms with van der Waals surface area (Å²) in [5.74, 6) is 1.46. The van der Waals surface area contributed by atoms with Gasteiger partial charge in [-0.2, -0.15) is 0 Å². The number of aliphatic hydroxyl groups excluding tert-OH is 1. The monoisotopic (exact) mass is 268 g/mol. The maximum absolute atomic E-state index is 10.3. The van der Waals surface area contributed by atoms with Crippen molar-refractivity contribution < 1.29 is 19.7 Å². The molecular formula is C14H22NO4. The van der Waals surface area contributed by atoms with Crippen molar-refractivity contribution in [1.29, 1.82) is 0 Å². The Kier molecular flexibility index (Phi) is 7.25. The first kappa shape index (κ1) is 15.8. The molecule has 1 aromatic carbocycles. The number of nitrogens with one attached hydrogen (secondary N) is 1. The first-order valence-electron chi connectivity index (χ1n) is 6.39. The van der Waals surface area contributed by atoms with E-state index in [1.165, 1.54) is 5.56 Å². The molecule has 0 aliphatic heterocycles. The number of methoxy groups -OCH3 is 2. The molecule has 0 spiro atoms. The SMILES string of the molecule is COc1ccc(CCCNCC(O)C[O])cc1OC. The van der Waals surface area contributed by atoms with Crippen molar-refractivity contribution in [2.24, 2.45) is 0 Å². The molecule has 0 aromatic heterocycles.